The van der Waals surface area contributed by atoms with E-state index >= 15 is 0 Å². The smallest absolute Gasteiger partial charge is 0.0536 e. The van der Waals surface area contributed by atoms with Crippen LogP contribution in [-0.2, 0) is 0 Å². The van der Waals surface area contributed by atoms with Crippen LogP contribution in [0.25, 0.3) is 0 Å². The predicted molar refractivity (Wildman–Crippen MR) is 50.0 cm³/mol. The van der Waals surface area contributed by atoms with Gasteiger partial charge in [0.2, 0.25) is 0 Å². The molecule has 2 heterocycles. The molecule has 2 aliphatic rings. The van der Waals surface area contributed by atoms with Crippen LogP contribution in [0.15, 0.2) is 12.3 Å². The van der Waals surface area contributed by atoms with E-state index in [0.29, 0.717) is 0 Å². The highest BCUT2D eigenvalue weighted by Gasteiger charge is 2.27. The van der Waals surface area contributed by atoms with Gasteiger partial charge in [0.15, 0.2) is 0 Å². The number of nitrogens with one attached hydrogen (secondary N) is 1. The lowest BCUT2D eigenvalue weighted by Crippen LogP contribution is -2.60. The summed E-state index contributed by atoms with van der Waals surface area (Å²) in [6.45, 7) is 9.76. The molecule has 0 radical (unpaired) electrons. The Morgan fingerprint density at radius 3 is 2.67 bits per heavy atom. The molecule has 0 aromatic heterocycles. The fourth-order valence-corrected chi connectivity index (χ4v) is 1.85. The highest BCUT2D eigenvalue weighted by atomic mass is 15.3. The highest BCUT2D eigenvalue weighted by molar-refractivity contribution is 5.05. The van der Waals surface area contributed by atoms with E-state index in [-0.39, 0.29) is 0 Å². The standard InChI is InChI=1S/C9H17N3/c1-8-7-11(2)3-4-12(8)9-5-10-6-9/h9-10H,1,3-7H2,2H3. The van der Waals surface area contributed by atoms with Crippen LogP contribution in [-0.4, -0.2) is 55.6 Å². The van der Waals surface area contributed by atoms with Crippen LogP contribution in [0.4, 0.5) is 0 Å². The quantitative estimate of drug-likeness (QED) is 0.579. The van der Waals surface area contributed by atoms with Crippen LogP contribution < -0.4 is 5.32 Å². The Balaban J connectivity index is 1.93. The molecular formula is C9H17N3. The normalized spacial score (nSPS) is 27.4. The molecule has 0 bridgehead atoms. The van der Waals surface area contributed by atoms with Crippen molar-refractivity contribution in [2.24, 2.45) is 0 Å². The number of hydrogen-bond donors (Lipinski definition) is 1. The molecule has 2 saturated heterocycles. The summed E-state index contributed by atoms with van der Waals surface area (Å²) in [5.41, 5.74) is 1.29. The molecule has 3 nitrogen and oxygen atoms in total. The molecule has 2 aliphatic heterocycles. The zero-order chi connectivity index (χ0) is 8.55. The Morgan fingerprint density at radius 1 is 1.42 bits per heavy atom. The molecule has 2 fully saturated rings. The second-order valence-electron chi connectivity index (χ2n) is 3.81. The molecule has 0 saturated carbocycles. The van der Waals surface area contributed by atoms with Crippen molar-refractivity contribution in [3.8, 4) is 0 Å². The highest BCUT2D eigenvalue weighted by Crippen LogP contribution is 2.15. The maximum atomic E-state index is 4.11. The molecule has 0 amide bonds. The predicted octanol–water partition coefficient (Wildman–Crippen LogP) is -0.281. The van der Waals surface area contributed by atoms with E-state index in [0.717, 1.165) is 32.2 Å². The summed E-state index contributed by atoms with van der Waals surface area (Å²) in [6, 6.07) is 0.728. The molecule has 0 aromatic carbocycles. The molecule has 68 valence electrons. The molecule has 0 aliphatic carbocycles. The van der Waals surface area contributed by atoms with Crippen molar-refractivity contribution >= 4 is 0 Å². The van der Waals surface area contributed by atoms with Gasteiger partial charge in [-0.2, -0.15) is 0 Å². The number of hydrogen-bond acceptors (Lipinski definition) is 3. The van der Waals surface area contributed by atoms with Crippen LogP contribution in [0.1, 0.15) is 0 Å². The average molecular weight is 167 g/mol. The lowest BCUT2D eigenvalue weighted by atomic mass is 10.1. The lowest BCUT2D eigenvalue weighted by Gasteiger charge is -2.45. The van der Waals surface area contributed by atoms with E-state index < -0.39 is 0 Å². The fourth-order valence-electron chi connectivity index (χ4n) is 1.85. The van der Waals surface area contributed by atoms with Gasteiger partial charge < -0.3 is 10.2 Å². The lowest BCUT2D eigenvalue weighted by molar-refractivity contribution is 0.127. The maximum Gasteiger partial charge on any atom is 0.0536 e. The minimum atomic E-state index is 0.728. The van der Waals surface area contributed by atoms with Crippen molar-refractivity contribution in [1.29, 1.82) is 0 Å². The third-order valence-corrected chi connectivity index (χ3v) is 2.78. The minimum Gasteiger partial charge on any atom is -0.367 e. The van der Waals surface area contributed by atoms with Crippen molar-refractivity contribution in [2.45, 2.75) is 6.04 Å². The number of nitrogens with zero attached hydrogens (tertiary/aromatic N) is 2. The molecule has 0 spiro atoms. The summed E-state index contributed by atoms with van der Waals surface area (Å²) >= 11 is 0. The van der Waals surface area contributed by atoms with Gasteiger partial charge in [-0.25, -0.2) is 0 Å². The van der Waals surface area contributed by atoms with Crippen LogP contribution in [0.3, 0.4) is 0 Å². The Kier molecular flexibility index (Phi) is 2.07. The van der Waals surface area contributed by atoms with Crippen molar-refractivity contribution in [1.82, 2.24) is 15.1 Å². The zero-order valence-corrected chi connectivity index (χ0v) is 7.71. The molecule has 0 atom stereocenters. The monoisotopic (exact) mass is 167 g/mol. The SMILES string of the molecule is C=C1CN(C)CCN1C1CNC1. The first-order chi connectivity index (χ1) is 5.77. The number of rotatable bonds is 1. The van der Waals surface area contributed by atoms with Crippen LogP contribution in [0, 0.1) is 0 Å². The fraction of sp³-hybridized carbons (Fsp3) is 0.778. The molecule has 0 unspecified atom stereocenters. The third-order valence-electron chi connectivity index (χ3n) is 2.78. The van der Waals surface area contributed by atoms with Crippen molar-refractivity contribution in [3.05, 3.63) is 12.3 Å². The topological polar surface area (TPSA) is 18.5 Å². The number of likely N-dealkylation sites (N-methyl/N-ethyl adjacent to an activating group) is 1. The van der Waals surface area contributed by atoms with Gasteiger partial charge in [-0.15, -0.1) is 0 Å². The van der Waals surface area contributed by atoms with E-state index in [1.807, 2.05) is 0 Å². The summed E-state index contributed by atoms with van der Waals surface area (Å²) in [5.74, 6) is 0. The molecule has 12 heavy (non-hydrogen) atoms. The summed E-state index contributed by atoms with van der Waals surface area (Å²) in [7, 11) is 2.15. The summed E-state index contributed by atoms with van der Waals surface area (Å²) < 4.78 is 0. The molecule has 2 rings (SSSR count). The van der Waals surface area contributed by atoms with E-state index in [2.05, 4.69) is 28.7 Å². The van der Waals surface area contributed by atoms with E-state index in [9.17, 15) is 0 Å². The van der Waals surface area contributed by atoms with Gasteiger partial charge in [0.05, 0.1) is 6.04 Å². The molecular weight excluding hydrogens is 150 g/mol. The van der Waals surface area contributed by atoms with Crippen molar-refractivity contribution in [2.75, 3.05) is 39.8 Å². The van der Waals surface area contributed by atoms with Gasteiger partial charge >= 0.3 is 0 Å². The van der Waals surface area contributed by atoms with Crippen molar-refractivity contribution in [3.63, 3.8) is 0 Å². The molecule has 1 N–H and O–H groups in total. The summed E-state index contributed by atoms with van der Waals surface area (Å²) in [5, 5.41) is 3.29. The number of piperazine rings is 1. The Morgan fingerprint density at radius 2 is 2.17 bits per heavy atom. The largest absolute Gasteiger partial charge is 0.367 e. The van der Waals surface area contributed by atoms with Crippen LogP contribution >= 0.6 is 0 Å². The third kappa shape index (κ3) is 1.34. The summed E-state index contributed by atoms with van der Waals surface area (Å²) in [6.07, 6.45) is 0. The second kappa shape index (κ2) is 3.07. The second-order valence-corrected chi connectivity index (χ2v) is 3.81. The minimum absolute atomic E-state index is 0.728. The van der Waals surface area contributed by atoms with E-state index in [4.69, 9.17) is 0 Å². The maximum absolute atomic E-state index is 4.11. The van der Waals surface area contributed by atoms with Gasteiger partial charge in [0.1, 0.15) is 0 Å². The average Bonchev–Trinajstić information content (AvgIpc) is 1.91. The van der Waals surface area contributed by atoms with Gasteiger partial charge in [-0.3, -0.25) is 4.90 Å². The van der Waals surface area contributed by atoms with Crippen LogP contribution in [0.5, 0.6) is 0 Å². The first-order valence-electron chi connectivity index (χ1n) is 4.61. The molecule has 0 aromatic rings. The Bertz CT molecular complexity index is 186. The van der Waals surface area contributed by atoms with Gasteiger partial charge in [-0.05, 0) is 7.05 Å². The van der Waals surface area contributed by atoms with Gasteiger partial charge in [0.25, 0.3) is 0 Å². The van der Waals surface area contributed by atoms with Gasteiger partial charge in [-0.1, -0.05) is 6.58 Å². The Hall–Kier alpha value is -0.540. The van der Waals surface area contributed by atoms with E-state index in [1.165, 1.54) is 12.2 Å². The Labute approximate surface area is 74.0 Å². The first-order valence-corrected chi connectivity index (χ1v) is 4.61. The summed E-state index contributed by atoms with van der Waals surface area (Å²) in [4.78, 5) is 4.78. The first kappa shape index (κ1) is 8.08. The van der Waals surface area contributed by atoms with E-state index in [1.54, 1.807) is 0 Å². The van der Waals surface area contributed by atoms with Crippen LogP contribution in [0.2, 0.25) is 0 Å². The van der Waals surface area contributed by atoms with Crippen molar-refractivity contribution < 1.29 is 0 Å². The zero-order valence-electron chi connectivity index (χ0n) is 7.71. The molecule has 3 heteroatoms. The van der Waals surface area contributed by atoms with Gasteiger partial charge in [0, 0.05) is 38.4 Å².